The standard InChI is InChI=1S/C17H29N3/c1-13(2)18-11-16-10-15(4)17(19-12-16)20-8-5-6-14(3)7-9-20/h10,12-14,18H,5-9,11H2,1-4H3. The first-order chi connectivity index (χ1) is 9.56. The normalized spacial score (nSPS) is 20.2. The van der Waals surface area contributed by atoms with E-state index in [9.17, 15) is 0 Å². The SMILES string of the molecule is Cc1cc(CNC(C)C)cnc1N1CCCC(C)CC1. The van der Waals surface area contributed by atoms with Crippen molar-refractivity contribution in [2.24, 2.45) is 5.92 Å². The molecule has 20 heavy (non-hydrogen) atoms. The summed E-state index contributed by atoms with van der Waals surface area (Å²) >= 11 is 0. The van der Waals surface area contributed by atoms with Crippen molar-refractivity contribution in [1.82, 2.24) is 10.3 Å². The number of pyridine rings is 1. The lowest BCUT2D eigenvalue weighted by Crippen LogP contribution is -2.26. The molecule has 1 atom stereocenters. The fourth-order valence-electron chi connectivity index (χ4n) is 2.85. The maximum atomic E-state index is 4.73. The summed E-state index contributed by atoms with van der Waals surface area (Å²) in [7, 11) is 0. The van der Waals surface area contributed by atoms with Gasteiger partial charge in [0.05, 0.1) is 0 Å². The molecule has 0 aliphatic carbocycles. The molecule has 1 aliphatic heterocycles. The first-order valence-electron chi connectivity index (χ1n) is 8.00. The zero-order chi connectivity index (χ0) is 14.5. The molecule has 1 fully saturated rings. The monoisotopic (exact) mass is 275 g/mol. The van der Waals surface area contributed by atoms with Crippen LogP contribution in [0.1, 0.15) is 51.2 Å². The Kier molecular flexibility index (Phi) is 5.41. The second-order valence-electron chi connectivity index (χ2n) is 6.54. The van der Waals surface area contributed by atoms with Crippen molar-refractivity contribution in [2.45, 2.75) is 59.5 Å². The van der Waals surface area contributed by atoms with Crippen LogP contribution in [0.15, 0.2) is 12.3 Å². The predicted octanol–water partition coefficient (Wildman–Crippen LogP) is 3.51. The van der Waals surface area contributed by atoms with E-state index in [-0.39, 0.29) is 0 Å². The van der Waals surface area contributed by atoms with Crippen molar-refractivity contribution in [3.05, 3.63) is 23.4 Å². The summed E-state index contributed by atoms with van der Waals surface area (Å²) in [6, 6.07) is 2.80. The first-order valence-corrected chi connectivity index (χ1v) is 8.00. The van der Waals surface area contributed by atoms with E-state index in [0.717, 1.165) is 25.6 Å². The summed E-state index contributed by atoms with van der Waals surface area (Å²) < 4.78 is 0. The van der Waals surface area contributed by atoms with E-state index in [2.05, 4.69) is 44.0 Å². The predicted molar refractivity (Wildman–Crippen MR) is 86.2 cm³/mol. The van der Waals surface area contributed by atoms with Gasteiger partial charge in [-0.3, -0.25) is 0 Å². The maximum absolute atomic E-state index is 4.73. The van der Waals surface area contributed by atoms with Crippen LogP contribution in [-0.4, -0.2) is 24.1 Å². The van der Waals surface area contributed by atoms with E-state index in [1.54, 1.807) is 0 Å². The molecular formula is C17H29N3. The summed E-state index contributed by atoms with van der Waals surface area (Å²) in [4.78, 5) is 7.20. The molecule has 0 aromatic carbocycles. The molecule has 1 saturated heterocycles. The van der Waals surface area contributed by atoms with Gasteiger partial charge in [-0.15, -0.1) is 0 Å². The van der Waals surface area contributed by atoms with Gasteiger partial charge in [0.1, 0.15) is 5.82 Å². The van der Waals surface area contributed by atoms with Crippen LogP contribution in [0.5, 0.6) is 0 Å². The topological polar surface area (TPSA) is 28.2 Å². The molecule has 0 radical (unpaired) electrons. The molecule has 2 heterocycles. The largest absolute Gasteiger partial charge is 0.356 e. The zero-order valence-corrected chi connectivity index (χ0v) is 13.4. The second kappa shape index (κ2) is 7.07. The highest BCUT2D eigenvalue weighted by Crippen LogP contribution is 2.23. The minimum atomic E-state index is 0.516. The molecule has 0 bridgehead atoms. The lowest BCUT2D eigenvalue weighted by atomic mass is 10.0. The van der Waals surface area contributed by atoms with Crippen LogP contribution >= 0.6 is 0 Å². The molecule has 1 aromatic rings. The fourth-order valence-corrected chi connectivity index (χ4v) is 2.85. The Bertz CT molecular complexity index is 428. The number of anilines is 1. The number of aryl methyl sites for hydroxylation is 1. The second-order valence-corrected chi connectivity index (χ2v) is 6.54. The third-order valence-corrected chi connectivity index (χ3v) is 4.14. The third kappa shape index (κ3) is 4.20. The average Bonchev–Trinajstić information content (AvgIpc) is 2.61. The van der Waals surface area contributed by atoms with E-state index >= 15 is 0 Å². The summed E-state index contributed by atoms with van der Waals surface area (Å²) in [5.74, 6) is 2.04. The zero-order valence-electron chi connectivity index (χ0n) is 13.4. The van der Waals surface area contributed by atoms with Crippen molar-refractivity contribution in [2.75, 3.05) is 18.0 Å². The molecular weight excluding hydrogens is 246 g/mol. The van der Waals surface area contributed by atoms with Crippen LogP contribution in [-0.2, 0) is 6.54 Å². The third-order valence-electron chi connectivity index (χ3n) is 4.14. The summed E-state index contributed by atoms with van der Waals surface area (Å²) in [5.41, 5.74) is 2.59. The van der Waals surface area contributed by atoms with Gasteiger partial charge in [0, 0.05) is 31.9 Å². The van der Waals surface area contributed by atoms with E-state index in [0.29, 0.717) is 6.04 Å². The van der Waals surface area contributed by atoms with Gasteiger partial charge in [0.15, 0.2) is 0 Å². The highest BCUT2D eigenvalue weighted by atomic mass is 15.2. The Labute approximate surface area is 123 Å². The smallest absolute Gasteiger partial charge is 0.131 e. The quantitative estimate of drug-likeness (QED) is 0.911. The maximum Gasteiger partial charge on any atom is 0.131 e. The lowest BCUT2D eigenvalue weighted by molar-refractivity contribution is 0.521. The number of nitrogens with zero attached hydrogens (tertiary/aromatic N) is 2. The Morgan fingerprint density at radius 1 is 1.35 bits per heavy atom. The summed E-state index contributed by atoms with van der Waals surface area (Å²) in [6.07, 6.45) is 5.97. The molecule has 0 spiro atoms. The molecule has 1 unspecified atom stereocenters. The van der Waals surface area contributed by atoms with Gasteiger partial charge in [0.25, 0.3) is 0 Å². The van der Waals surface area contributed by atoms with E-state index in [1.807, 2.05) is 6.20 Å². The van der Waals surface area contributed by atoms with E-state index in [1.165, 1.54) is 36.2 Å². The van der Waals surface area contributed by atoms with Gasteiger partial charge in [-0.05, 0) is 49.3 Å². The van der Waals surface area contributed by atoms with Gasteiger partial charge in [-0.1, -0.05) is 20.8 Å². The van der Waals surface area contributed by atoms with Crippen LogP contribution in [0.25, 0.3) is 0 Å². The highest BCUT2D eigenvalue weighted by Gasteiger charge is 2.16. The number of hydrogen-bond acceptors (Lipinski definition) is 3. The number of rotatable bonds is 4. The van der Waals surface area contributed by atoms with Crippen molar-refractivity contribution < 1.29 is 0 Å². The van der Waals surface area contributed by atoms with E-state index < -0.39 is 0 Å². The highest BCUT2D eigenvalue weighted by molar-refractivity contribution is 5.47. The fraction of sp³-hybridized carbons (Fsp3) is 0.706. The minimum absolute atomic E-state index is 0.516. The van der Waals surface area contributed by atoms with Gasteiger partial charge < -0.3 is 10.2 Å². The summed E-state index contributed by atoms with van der Waals surface area (Å²) in [5, 5.41) is 3.45. The van der Waals surface area contributed by atoms with Crippen LogP contribution in [0, 0.1) is 12.8 Å². The molecule has 0 saturated carbocycles. The minimum Gasteiger partial charge on any atom is -0.356 e. The van der Waals surface area contributed by atoms with Crippen LogP contribution in [0.3, 0.4) is 0 Å². The average molecular weight is 275 g/mol. The first kappa shape index (κ1) is 15.3. The Morgan fingerprint density at radius 2 is 2.15 bits per heavy atom. The summed E-state index contributed by atoms with van der Waals surface area (Å²) in [6.45, 7) is 12.1. The molecule has 1 aliphatic rings. The van der Waals surface area contributed by atoms with E-state index in [4.69, 9.17) is 4.98 Å². The molecule has 1 aromatic heterocycles. The van der Waals surface area contributed by atoms with Gasteiger partial charge in [0.2, 0.25) is 0 Å². The lowest BCUT2D eigenvalue weighted by Gasteiger charge is -2.24. The van der Waals surface area contributed by atoms with Crippen LogP contribution in [0.4, 0.5) is 5.82 Å². The molecule has 3 nitrogen and oxygen atoms in total. The number of nitrogens with one attached hydrogen (secondary N) is 1. The molecule has 1 N–H and O–H groups in total. The Balaban J connectivity index is 2.05. The van der Waals surface area contributed by atoms with Gasteiger partial charge in [-0.25, -0.2) is 4.98 Å². The van der Waals surface area contributed by atoms with Crippen LogP contribution < -0.4 is 10.2 Å². The van der Waals surface area contributed by atoms with Crippen LogP contribution in [0.2, 0.25) is 0 Å². The van der Waals surface area contributed by atoms with Crippen molar-refractivity contribution in [3.63, 3.8) is 0 Å². The van der Waals surface area contributed by atoms with Gasteiger partial charge >= 0.3 is 0 Å². The Morgan fingerprint density at radius 3 is 2.85 bits per heavy atom. The Hall–Kier alpha value is -1.09. The molecule has 0 amide bonds. The van der Waals surface area contributed by atoms with Crippen molar-refractivity contribution in [1.29, 1.82) is 0 Å². The molecule has 3 heteroatoms. The molecule has 112 valence electrons. The number of aromatic nitrogens is 1. The van der Waals surface area contributed by atoms with Gasteiger partial charge in [-0.2, -0.15) is 0 Å². The van der Waals surface area contributed by atoms with Crippen molar-refractivity contribution in [3.8, 4) is 0 Å². The van der Waals surface area contributed by atoms with Crippen molar-refractivity contribution >= 4 is 5.82 Å². The number of hydrogen-bond donors (Lipinski definition) is 1. The molecule has 2 rings (SSSR count).